The molecule has 2 aromatic carbocycles. The third kappa shape index (κ3) is 3.39. The van der Waals surface area contributed by atoms with Crippen LogP contribution in [0.15, 0.2) is 47.4 Å². The molecule has 7 heteroatoms. The van der Waals surface area contributed by atoms with E-state index in [0.717, 1.165) is 5.56 Å². The minimum atomic E-state index is -4.42. The minimum absolute atomic E-state index is 0.00384. The van der Waals surface area contributed by atoms with Gasteiger partial charge in [-0.1, -0.05) is 18.2 Å². The molecule has 6 nitrogen and oxygen atoms in total. The van der Waals surface area contributed by atoms with Gasteiger partial charge in [0.25, 0.3) is 16.0 Å². The van der Waals surface area contributed by atoms with E-state index in [0.29, 0.717) is 11.3 Å². The van der Waals surface area contributed by atoms with E-state index in [-0.39, 0.29) is 10.6 Å². The molecule has 0 spiro atoms. The number of hydrogen-bond acceptors (Lipinski definition) is 4. The second-order valence-corrected chi connectivity index (χ2v) is 5.89. The number of carbonyl (C=O) groups excluding carboxylic acids is 1. The van der Waals surface area contributed by atoms with Crippen LogP contribution in [0, 0.1) is 6.92 Å². The molecule has 0 aliphatic rings. The van der Waals surface area contributed by atoms with Gasteiger partial charge in [-0.3, -0.25) is 9.35 Å². The van der Waals surface area contributed by atoms with Crippen molar-refractivity contribution in [1.82, 2.24) is 0 Å². The van der Waals surface area contributed by atoms with Crippen LogP contribution in [0.5, 0.6) is 0 Å². The highest BCUT2D eigenvalue weighted by Gasteiger charge is 2.17. The highest BCUT2D eigenvalue weighted by Crippen LogP contribution is 2.21. The number of anilines is 2. The first-order valence-corrected chi connectivity index (χ1v) is 7.47. The first kappa shape index (κ1) is 15.0. The average molecular weight is 306 g/mol. The number of aryl methyl sites for hydroxylation is 1. The van der Waals surface area contributed by atoms with Crippen LogP contribution in [-0.2, 0) is 10.1 Å². The molecule has 0 atom stereocenters. The van der Waals surface area contributed by atoms with Crippen molar-refractivity contribution in [1.29, 1.82) is 0 Å². The Morgan fingerprint density at radius 3 is 2.48 bits per heavy atom. The van der Waals surface area contributed by atoms with Gasteiger partial charge in [-0.05, 0) is 36.8 Å². The van der Waals surface area contributed by atoms with E-state index in [1.807, 2.05) is 6.92 Å². The first-order chi connectivity index (χ1) is 9.79. The minimum Gasteiger partial charge on any atom is -0.398 e. The monoisotopic (exact) mass is 306 g/mol. The highest BCUT2D eigenvalue weighted by atomic mass is 32.2. The number of rotatable bonds is 3. The van der Waals surface area contributed by atoms with Gasteiger partial charge in [0.05, 0.1) is 5.69 Å². The lowest BCUT2D eigenvalue weighted by Crippen LogP contribution is -2.15. The summed E-state index contributed by atoms with van der Waals surface area (Å²) < 4.78 is 31.6. The summed E-state index contributed by atoms with van der Waals surface area (Å²) in [5.74, 6) is -0.516. The fourth-order valence-corrected chi connectivity index (χ4v) is 2.42. The maximum Gasteiger partial charge on any atom is 0.296 e. The van der Waals surface area contributed by atoms with E-state index < -0.39 is 16.0 Å². The zero-order valence-corrected chi connectivity index (χ0v) is 12.0. The zero-order valence-electron chi connectivity index (χ0n) is 11.2. The number of para-hydroxylation sites is 1. The van der Waals surface area contributed by atoms with Crippen LogP contribution in [0.2, 0.25) is 0 Å². The van der Waals surface area contributed by atoms with Gasteiger partial charge in [0.15, 0.2) is 0 Å². The standard InChI is InChI=1S/C14H14N2O4S/c1-9-6-7-10(8-11(9)15)14(17)16-12-4-2-3-5-13(12)21(18,19)20/h2-8H,15H2,1H3,(H,16,17)(H,18,19,20). The van der Waals surface area contributed by atoms with Gasteiger partial charge in [0, 0.05) is 11.3 Å². The van der Waals surface area contributed by atoms with Gasteiger partial charge < -0.3 is 11.1 Å². The number of nitrogens with two attached hydrogens (primary N) is 1. The lowest BCUT2D eigenvalue weighted by molar-refractivity contribution is 0.102. The fourth-order valence-electron chi connectivity index (χ4n) is 1.77. The lowest BCUT2D eigenvalue weighted by Gasteiger charge is -2.10. The van der Waals surface area contributed by atoms with Crippen LogP contribution in [0.25, 0.3) is 0 Å². The van der Waals surface area contributed by atoms with Crippen LogP contribution in [0.4, 0.5) is 11.4 Å². The summed E-state index contributed by atoms with van der Waals surface area (Å²) >= 11 is 0. The van der Waals surface area contributed by atoms with Crippen molar-refractivity contribution in [3.63, 3.8) is 0 Å². The van der Waals surface area contributed by atoms with Gasteiger partial charge in [0.2, 0.25) is 0 Å². The molecule has 0 radical (unpaired) electrons. The molecule has 0 saturated heterocycles. The van der Waals surface area contributed by atoms with Crippen molar-refractivity contribution in [2.24, 2.45) is 0 Å². The highest BCUT2D eigenvalue weighted by molar-refractivity contribution is 7.86. The van der Waals surface area contributed by atoms with E-state index in [9.17, 15) is 13.2 Å². The molecule has 0 saturated carbocycles. The zero-order chi connectivity index (χ0) is 15.6. The van der Waals surface area contributed by atoms with Crippen LogP contribution < -0.4 is 11.1 Å². The van der Waals surface area contributed by atoms with Gasteiger partial charge in [-0.2, -0.15) is 8.42 Å². The second kappa shape index (κ2) is 5.55. The van der Waals surface area contributed by atoms with Crippen LogP contribution in [-0.4, -0.2) is 18.9 Å². The van der Waals surface area contributed by atoms with Crippen molar-refractivity contribution in [2.45, 2.75) is 11.8 Å². The molecule has 0 bridgehead atoms. The summed E-state index contributed by atoms with van der Waals surface area (Å²) in [6.45, 7) is 1.81. The van der Waals surface area contributed by atoms with Crippen LogP contribution in [0.3, 0.4) is 0 Å². The maximum atomic E-state index is 12.1. The summed E-state index contributed by atoms with van der Waals surface area (Å²) in [7, 11) is -4.42. The SMILES string of the molecule is Cc1ccc(C(=O)Nc2ccccc2S(=O)(=O)O)cc1N. The molecular formula is C14H14N2O4S. The third-order valence-corrected chi connectivity index (χ3v) is 3.87. The van der Waals surface area contributed by atoms with Gasteiger partial charge >= 0.3 is 0 Å². The van der Waals surface area contributed by atoms with Crippen molar-refractivity contribution in [3.05, 3.63) is 53.6 Å². The summed E-state index contributed by atoms with van der Waals surface area (Å²) in [6.07, 6.45) is 0. The molecule has 2 rings (SSSR count). The molecule has 0 aliphatic heterocycles. The van der Waals surface area contributed by atoms with Crippen molar-refractivity contribution < 1.29 is 17.8 Å². The number of hydrogen-bond donors (Lipinski definition) is 3. The smallest absolute Gasteiger partial charge is 0.296 e. The predicted octanol–water partition coefficient (Wildman–Crippen LogP) is 2.08. The topological polar surface area (TPSA) is 109 Å². The number of nitrogen functional groups attached to an aromatic ring is 1. The van der Waals surface area contributed by atoms with E-state index in [1.165, 1.54) is 24.3 Å². The molecule has 0 aromatic heterocycles. The van der Waals surface area contributed by atoms with E-state index in [4.69, 9.17) is 10.3 Å². The molecule has 0 unspecified atom stereocenters. The summed E-state index contributed by atoms with van der Waals surface area (Å²) in [5, 5.41) is 2.45. The Bertz CT molecular complexity index is 800. The van der Waals surface area contributed by atoms with E-state index >= 15 is 0 Å². The summed E-state index contributed by atoms with van der Waals surface area (Å²) in [5.41, 5.74) is 7.34. The number of amides is 1. The Hall–Kier alpha value is -2.38. The first-order valence-electron chi connectivity index (χ1n) is 6.03. The summed E-state index contributed by atoms with van der Waals surface area (Å²) in [6, 6.07) is 10.4. The fraction of sp³-hybridized carbons (Fsp3) is 0.0714. The normalized spacial score (nSPS) is 11.1. The van der Waals surface area contributed by atoms with Crippen molar-refractivity contribution in [2.75, 3.05) is 11.1 Å². The van der Waals surface area contributed by atoms with Crippen LogP contribution in [0.1, 0.15) is 15.9 Å². The Morgan fingerprint density at radius 2 is 1.86 bits per heavy atom. The third-order valence-electron chi connectivity index (χ3n) is 2.95. The maximum absolute atomic E-state index is 12.1. The van der Waals surface area contributed by atoms with Crippen molar-refractivity contribution in [3.8, 4) is 0 Å². The van der Waals surface area contributed by atoms with Crippen molar-refractivity contribution >= 4 is 27.4 Å². The molecule has 0 fully saturated rings. The predicted molar refractivity (Wildman–Crippen MR) is 79.8 cm³/mol. The van der Waals surface area contributed by atoms with Gasteiger partial charge in [0.1, 0.15) is 4.90 Å². The number of benzene rings is 2. The van der Waals surface area contributed by atoms with E-state index in [2.05, 4.69) is 5.32 Å². The molecule has 0 heterocycles. The quantitative estimate of drug-likeness (QED) is 0.594. The summed E-state index contributed by atoms with van der Waals surface area (Å²) in [4.78, 5) is 11.8. The molecule has 2 aromatic rings. The largest absolute Gasteiger partial charge is 0.398 e. The van der Waals surface area contributed by atoms with Gasteiger partial charge in [-0.15, -0.1) is 0 Å². The Balaban J connectivity index is 2.34. The Labute approximate surface area is 122 Å². The number of carbonyl (C=O) groups is 1. The molecular weight excluding hydrogens is 292 g/mol. The van der Waals surface area contributed by atoms with Gasteiger partial charge in [-0.25, -0.2) is 0 Å². The average Bonchev–Trinajstić information content (AvgIpc) is 2.41. The molecule has 4 N–H and O–H groups in total. The second-order valence-electron chi connectivity index (χ2n) is 4.50. The Kier molecular flexibility index (Phi) is 3.97. The van der Waals surface area contributed by atoms with Crippen LogP contribution >= 0.6 is 0 Å². The number of nitrogens with one attached hydrogen (secondary N) is 1. The molecule has 110 valence electrons. The van der Waals surface area contributed by atoms with E-state index in [1.54, 1.807) is 18.2 Å². The Morgan fingerprint density at radius 1 is 1.19 bits per heavy atom. The molecule has 21 heavy (non-hydrogen) atoms. The molecule has 0 aliphatic carbocycles. The molecule has 1 amide bonds. The lowest BCUT2D eigenvalue weighted by atomic mass is 10.1.